The molecule has 2 amide bonds. The van der Waals surface area contributed by atoms with E-state index in [4.69, 9.17) is 9.47 Å². The maximum absolute atomic E-state index is 13.3. The fraction of sp³-hybridized carbons (Fsp3) is 0.333. The Bertz CT molecular complexity index is 1030. The first-order chi connectivity index (χ1) is 14.9. The summed E-state index contributed by atoms with van der Waals surface area (Å²) in [6.07, 6.45) is 0.496. The molecule has 7 heteroatoms. The second kappa shape index (κ2) is 10.0. The molecule has 1 N–H and O–H groups in total. The first-order valence-electron chi connectivity index (χ1n) is 10.0. The Kier molecular flexibility index (Phi) is 7.41. The van der Waals surface area contributed by atoms with Crippen LogP contribution in [-0.2, 0) is 16.0 Å². The molecule has 6 nitrogen and oxygen atoms in total. The highest BCUT2D eigenvalue weighted by molar-refractivity contribution is 8.04. The van der Waals surface area contributed by atoms with Gasteiger partial charge in [0.25, 0.3) is 11.8 Å². The number of aryl methyl sites for hydroxylation is 2. The Balaban J connectivity index is 1.87. The molecule has 0 unspecified atom stereocenters. The normalized spacial score (nSPS) is 13.9. The fourth-order valence-electron chi connectivity index (χ4n) is 3.65. The molecule has 0 fully saturated rings. The Hall–Kier alpha value is -2.77. The zero-order valence-corrected chi connectivity index (χ0v) is 19.0. The van der Waals surface area contributed by atoms with Gasteiger partial charge < -0.3 is 14.6 Å². The van der Waals surface area contributed by atoms with Crippen molar-refractivity contribution in [1.82, 2.24) is 4.90 Å². The average Bonchev–Trinajstić information content (AvgIpc) is 2.99. The van der Waals surface area contributed by atoms with Crippen LogP contribution in [-0.4, -0.2) is 54.9 Å². The third-order valence-electron chi connectivity index (χ3n) is 5.19. The topological polar surface area (TPSA) is 76.1 Å². The van der Waals surface area contributed by atoms with Crippen LogP contribution < -0.4 is 9.47 Å². The van der Waals surface area contributed by atoms with Gasteiger partial charge in [0.15, 0.2) is 11.5 Å². The number of imide groups is 1. The van der Waals surface area contributed by atoms with Crippen LogP contribution >= 0.6 is 11.8 Å². The standard InChI is InChI=1S/C24H27NO5S/c1-15-5-7-18(16(2)13-15)21-22(31-12-11-26)24(28)25(23(21)27)10-9-17-6-8-19(29-3)20(14-17)30-4/h5-8,13-14,26H,9-12H2,1-4H3. The van der Waals surface area contributed by atoms with Crippen molar-refractivity contribution < 1.29 is 24.2 Å². The monoisotopic (exact) mass is 441 g/mol. The molecule has 2 aromatic rings. The third-order valence-corrected chi connectivity index (χ3v) is 6.24. The number of amides is 2. The lowest BCUT2D eigenvalue weighted by Crippen LogP contribution is -2.33. The van der Waals surface area contributed by atoms with E-state index < -0.39 is 0 Å². The van der Waals surface area contributed by atoms with Gasteiger partial charge in [-0.1, -0.05) is 29.8 Å². The number of hydrogen-bond donors (Lipinski definition) is 1. The minimum absolute atomic E-state index is 0.0680. The number of thioether (sulfide) groups is 1. The number of hydrogen-bond acceptors (Lipinski definition) is 6. The van der Waals surface area contributed by atoms with Crippen molar-refractivity contribution in [3.63, 3.8) is 0 Å². The largest absolute Gasteiger partial charge is 0.493 e. The van der Waals surface area contributed by atoms with Crippen LogP contribution in [0, 0.1) is 13.8 Å². The summed E-state index contributed by atoms with van der Waals surface area (Å²) in [7, 11) is 3.14. The van der Waals surface area contributed by atoms with Crippen LogP contribution in [0.25, 0.3) is 5.57 Å². The minimum atomic E-state index is -0.307. The zero-order valence-electron chi connectivity index (χ0n) is 18.2. The highest BCUT2D eigenvalue weighted by Crippen LogP contribution is 2.37. The van der Waals surface area contributed by atoms with Crippen LogP contribution in [0.3, 0.4) is 0 Å². The van der Waals surface area contributed by atoms with Crippen LogP contribution in [0.5, 0.6) is 11.5 Å². The van der Waals surface area contributed by atoms with Crippen LogP contribution in [0.15, 0.2) is 41.3 Å². The summed E-state index contributed by atoms with van der Waals surface area (Å²) in [6.45, 7) is 4.11. The van der Waals surface area contributed by atoms with E-state index in [2.05, 4.69) is 0 Å². The van der Waals surface area contributed by atoms with Crippen molar-refractivity contribution >= 4 is 29.1 Å². The predicted octanol–water partition coefficient (Wildman–Crippen LogP) is 3.37. The first-order valence-corrected chi connectivity index (χ1v) is 11.0. The van der Waals surface area contributed by atoms with E-state index in [9.17, 15) is 14.7 Å². The van der Waals surface area contributed by atoms with E-state index in [0.717, 1.165) is 22.3 Å². The average molecular weight is 442 g/mol. The number of aliphatic hydroxyl groups is 1. The Morgan fingerprint density at radius 3 is 2.35 bits per heavy atom. The van der Waals surface area contributed by atoms with Crippen molar-refractivity contribution in [2.45, 2.75) is 20.3 Å². The van der Waals surface area contributed by atoms with Gasteiger partial charge in [-0.15, -0.1) is 11.8 Å². The van der Waals surface area contributed by atoms with Crippen molar-refractivity contribution in [2.75, 3.05) is 33.1 Å². The molecule has 2 aromatic carbocycles. The molecule has 31 heavy (non-hydrogen) atoms. The van der Waals surface area contributed by atoms with Gasteiger partial charge in [-0.2, -0.15) is 0 Å². The van der Waals surface area contributed by atoms with Crippen molar-refractivity contribution in [2.24, 2.45) is 0 Å². The lowest BCUT2D eigenvalue weighted by Gasteiger charge is -2.16. The molecule has 1 heterocycles. The number of rotatable bonds is 9. The molecule has 164 valence electrons. The summed E-state index contributed by atoms with van der Waals surface area (Å²) in [5, 5.41) is 9.26. The van der Waals surface area contributed by atoms with Crippen molar-refractivity contribution in [3.05, 3.63) is 63.6 Å². The van der Waals surface area contributed by atoms with Gasteiger partial charge >= 0.3 is 0 Å². The molecule has 0 radical (unpaired) electrons. The van der Waals surface area contributed by atoms with Crippen LogP contribution in [0.1, 0.15) is 22.3 Å². The maximum atomic E-state index is 13.3. The Morgan fingerprint density at radius 1 is 0.968 bits per heavy atom. The molecule has 1 aliphatic heterocycles. The number of nitrogens with zero attached hydrogens (tertiary/aromatic N) is 1. The second-order valence-corrected chi connectivity index (χ2v) is 8.40. The van der Waals surface area contributed by atoms with Gasteiger partial charge in [-0.25, -0.2) is 0 Å². The summed E-state index contributed by atoms with van der Waals surface area (Å²) in [5.74, 6) is 0.983. The van der Waals surface area contributed by atoms with Crippen molar-refractivity contribution in [3.8, 4) is 11.5 Å². The zero-order chi connectivity index (χ0) is 22.5. The number of carbonyl (C=O) groups excluding carboxylic acids is 2. The molecule has 0 saturated heterocycles. The molecule has 0 aromatic heterocycles. The van der Waals surface area contributed by atoms with Gasteiger partial charge in [0.2, 0.25) is 0 Å². The Morgan fingerprint density at radius 2 is 1.71 bits per heavy atom. The summed E-state index contributed by atoms with van der Waals surface area (Å²) in [6, 6.07) is 11.4. The SMILES string of the molecule is COc1ccc(CCN2C(=O)C(SCCO)=C(c3ccc(C)cc3C)C2=O)cc1OC. The number of carbonyl (C=O) groups is 2. The molecule has 0 atom stereocenters. The van der Waals surface area contributed by atoms with E-state index >= 15 is 0 Å². The van der Waals surface area contributed by atoms with Gasteiger partial charge in [0.1, 0.15) is 0 Å². The molecular formula is C24H27NO5S. The van der Waals surface area contributed by atoms with Gasteiger partial charge in [-0.05, 0) is 49.1 Å². The quantitative estimate of drug-likeness (QED) is 0.602. The van der Waals surface area contributed by atoms with E-state index in [-0.39, 0.29) is 25.0 Å². The van der Waals surface area contributed by atoms with Crippen LogP contribution in [0.4, 0.5) is 0 Å². The summed E-state index contributed by atoms with van der Waals surface area (Å²) in [5.41, 5.74) is 4.16. The molecule has 0 bridgehead atoms. The number of benzene rings is 2. The lowest BCUT2D eigenvalue weighted by molar-refractivity contribution is -0.136. The molecule has 0 saturated carbocycles. The predicted molar refractivity (Wildman–Crippen MR) is 122 cm³/mol. The third kappa shape index (κ3) is 4.78. The number of aliphatic hydroxyl groups excluding tert-OH is 1. The van der Waals surface area contributed by atoms with Crippen molar-refractivity contribution in [1.29, 1.82) is 0 Å². The number of ether oxygens (including phenoxy) is 2. The molecule has 0 spiro atoms. The summed E-state index contributed by atoms with van der Waals surface area (Å²) in [4.78, 5) is 28.1. The molecule has 0 aliphatic carbocycles. The summed E-state index contributed by atoms with van der Waals surface area (Å²) >= 11 is 1.23. The van der Waals surface area contributed by atoms with Gasteiger partial charge in [0.05, 0.1) is 31.3 Å². The second-order valence-electron chi connectivity index (χ2n) is 7.30. The van der Waals surface area contributed by atoms with Crippen LogP contribution in [0.2, 0.25) is 0 Å². The maximum Gasteiger partial charge on any atom is 0.267 e. The molecule has 1 aliphatic rings. The Labute approximate surface area is 186 Å². The lowest BCUT2D eigenvalue weighted by atomic mass is 9.99. The molecular weight excluding hydrogens is 414 g/mol. The highest BCUT2D eigenvalue weighted by Gasteiger charge is 2.39. The van der Waals surface area contributed by atoms with E-state index in [0.29, 0.717) is 34.2 Å². The fourth-order valence-corrected chi connectivity index (χ4v) is 4.52. The smallest absolute Gasteiger partial charge is 0.267 e. The highest BCUT2D eigenvalue weighted by atomic mass is 32.2. The summed E-state index contributed by atoms with van der Waals surface area (Å²) < 4.78 is 10.6. The van der Waals surface area contributed by atoms with E-state index in [1.807, 2.05) is 50.2 Å². The van der Waals surface area contributed by atoms with Gasteiger partial charge in [0, 0.05) is 12.3 Å². The number of methoxy groups -OCH3 is 2. The van der Waals surface area contributed by atoms with Gasteiger partial charge in [-0.3, -0.25) is 14.5 Å². The van der Waals surface area contributed by atoms with E-state index in [1.165, 1.54) is 16.7 Å². The molecule has 3 rings (SSSR count). The first kappa shape index (κ1) is 22.9. The van der Waals surface area contributed by atoms with E-state index in [1.54, 1.807) is 14.2 Å². The minimum Gasteiger partial charge on any atom is -0.493 e.